The van der Waals surface area contributed by atoms with Gasteiger partial charge in [0, 0.05) is 21.9 Å². The molecule has 2 aromatic carbocycles. The van der Waals surface area contributed by atoms with Crippen molar-refractivity contribution >= 4 is 23.1 Å². The first-order valence-electron chi connectivity index (χ1n) is 8.14. The number of halogens is 2. The summed E-state index contributed by atoms with van der Waals surface area (Å²) in [7, 11) is 0. The molecule has 2 nitrogen and oxygen atoms in total. The van der Waals surface area contributed by atoms with Crippen LogP contribution in [0.15, 0.2) is 46.2 Å². The summed E-state index contributed by atoms with van der Waals surface area (Å²) in [5.74, 6) is 0. The van der Waals surface area contributed by atoms with Crippen molar-refractivity contribution in [3.8, 4) is 0 Å². The summed E-state index contributed by atoms with van der Waals surface area (Å²) in [6.07, 6.45) is 1.06. The van der Waals surface area contributed by atoms with Crippen molar-refractivity contribution in [1.82, 2.24) is 0 Å². The van der Waals surface area contributed by atoms with E-state index in [1.54, 1.807) is 0 Å². The van der Waals surface area contributed by atoms with Crippen LogP contribution in [-0.2, 0) is 6.42 Å². The Morgan fingerprint density at radius 3 is 1.54 bits per heavy atom. The van der Waals surface area contributed by atoms with Gasteiger partial charge in [0.1, 0.15) is 11.4 Å². The average molecular weight is 385 g/mol. The maximum Gasteiger partial charge on any atom is 0.130 e. The van der Waals surface area contributed by atoms with E-state index in [1.165, 1.54) is 32.3 Å². The molecule has 0 spiro atoms. The zero-order valence-electron chi connectivity index (χ0n) is 14.6. The van der Waals surface area contributed by atoms with E-state index >= 15 is 0 Å². The standard InChI is InChI=1S/C19H24N2S.2ClH/c1-12(2)20-16-7-5-14-9-15-6-8-17(21-13(3)4)11-19(15)22-18(14)10-16;;/h5-8,10-13,20-21H,9H2,1-4H3;2*1H. The fourth-order valence-corrected chi connectivity index (χ4v) is 4.09. The van der Waals surface area contributed by atoms with Gasteiger partial charge in [0.25, 0.3) is 0 Å². The van der Waals surface area contributed by atoms with Crippen LogP contribution in [0.1, 0.15) is 38.8 Å². The first-order valence-corrected chi connectivity index (χ1v) is 8.96. The van der Waals surface area contributed by atoms with Crippen molar-refractivity contribution in [2.75, 3.05) is 0 Å². The van der Waals surface area contributed by atoms with Crippen LogP contribution in [0.2, 0.25) is 0 Å². The molecule has 0 bridgehead atoms. The Balaban J connectivity index is 0.00000144. The average Bonchev–Trinajstić information content (AvgIpc) is 2.43. The summed E-state index contributed by atoms with van der Waals surface area (Å²) in [5.41, 5.74) is 5.60. The van der Waals surface area contributed by atoms with Gasteiger partial charge in [-0.05, 0) is 57.4 Å². The third-order valence-electron chi connectivity index (χ3n) is 3.83. The second kappa shape index (κ2) is 9.12. The summed E-state index contributed by atoms with van der Waals surface area (Å²) in [6, 6.07) is 15.0. The number of hydrogen-bond donors (Lipinski definition) is 2. The van der Waals surface area contributed by atoms with Crippen LogP contribution < -0.4 is 35.4 Å². The van der Waals surface area contributed by atoms with Crippen LogP contribution in [0.4, 0.5) is 11.4 Å². The predicted octanol–water partition coefficient (Wildman–Crippen LogP) is -3.04. The molecule has 0 amide bonds. The van der Waals surface area contributed by atoms with Gasteiger partial charge in [-0.2, -0.15) is 0 Å². The minimum atomic E-state index is 0. The van der Waals surface area contributed by atoms with Crippen molar-refractivity contribution in [3.05, 3.63) is 47.5 Å². The Bertz CT molecular complexity index is 630. The molecule has 1 aliphatic rings. The Kier molecular flexibility index (Phi) is 8.10. The summed E-state index contributed by atoms with van der Waals surface area (Å²) >= 11 is 1.93. The summed E-state index contributed by atoms with van der Waals surface area (Å²) in [5, 5.41) is 4.67. The molecule has 0 saturated carbocycles. The van der Waals surface area contributed by atoms with Gasteiger partial charge < -0.3 is 35.4 Å². The highest BCUT2D eigenvalue weighted by molar-refractivity contribution is 7.99. The first-order chi connectivity index (χ1) is 10.5. The Hall–Kier alpha value is -0.710. The van der Waals surface area contributed by atoms with E-state index in [9.17, 15) is 0 Å². The van der Waals surface area contributed by atoms with Gasteiger partial charge in [-0.25, -0.2) is 0 Å². The molecule has 132 valence electrons. The maximum atomic E-state index is 2.35. The Morgan fingerprint density at radius 2 is 1.17 bits per heavy atom. The number of quaternary nitrogens is 2. The molecule has 0 atom stereocenters. The molecule has 5 heteroatoms. The van der Waals surface area contributed by atoms with Gasteiger partial charge >= 0.3 is 0 Å². The van der Waals surface area contributed by atoms with E-state index in [0.29, 0.717) is 12.1 Å². The molecular weight excluding hydrogens is 359 g/mol. The lowest BCUT2D eigenvalue weighted by molar-refractivity contribution is -0.603. The SMILES string of the molecule is CC(C)[NH2+]c1ccc2c(c1)Sc1cc([NH2+]C(C)C)ccc1C2.[Cl-].[Cl-]. The number of hydrogen-bond acceptors (Lipinski definition) is 1. The monoisotopic (exact) mass is 384 g/mol. The zero-order valence-corrected chi connectivity index (χ0v) is 17.0. The van der Waals surface area contributed by atoms with Crippen molar-refractivity contribution in [3.63, 3.8) is 0 Å². The molecule has 0 unspecified atom stereocenters. The number of fused-ring (bicyclic) bond motifs is 2. The molecule has 2 aromatic rings. The van der Waals surface area contributed by atoms with Crippen molar-refractivity contribution < 1.29 is 35.4 Å². The zero-order chi connectivity index (χ0) is 15.7. The van der Waals surface area contributed by atoms with Gasteiger partial charge in [0.05, 0.1) is 12.1 Å². The van der Waals surface area contributed by atoms with Crippen LogP contribution in [-0.4, -0.2) is 12.1 Å². The van der Waals surface area contributed by atoms with E-state index in [2.05, 4.69) is 74.7 Å². The second-order valence-corrected chi connectivity index (χ2v) is 7.92. The van der Waals surface area contributed by atoms with Crippen LogP contribution >= 0.6 is 11.8 Å². The van der Waals surface area contributed by atoms with Crippen LogP contribution in [0, 0.1) is 0 Å². The molecule has 1 heterocycles. The smallest absolute Gasteiger partial charge is 0.130 e. The summed E-state index contributed by atoms with van der Waals surface area (Å²) < 4.78 is 0. The fraction of sp³-hybridized carbons (Fsp3) is 0.368. The third kappa shape index (κ3) is 5.14. The van der Waals surface area contributed by atoms with E-state index in [-0.39, 0.29) is 24.8 Å². The van der Waals surface area contributed by atoms with Crippen molar-refractivity contribution in [2.45, 2.75) is 56.0 Å². The molecule has 0 saturated heterocycles. The minimum Gasteiger partial charge on any atom is -1.00 e. The van der Waals surface area contributed by atoms with E-state index in [4.69, 9.17) is 0 Å². The fourth-order valence-electron chi connectivity index (χ4n) is 2.93. The Morgan fingerprint density at radius 1 is 0.750 bits per heavy atom. The largest absolute Gasteiger partial charge is 1.00 e. The number of nitrogens with two attached hydrogens (primary N) is 2. The second-order valence-electron chi connectivity index (χ2n) is 6.83. The topological polar surface area (TPSA) is 33.2 Å². The van der Waals surface area contributed by atoms with Gasteiger partial charge in [0.15, 0.2) is 0 Å². The highest BCUT2D eigenvalue weighted by atomic mass is 35.5. The summed E-state index contributed by atoms with van der Waals surface area (Å²) in [6.45, 7) is 8.93. The normalized spacial score (nSPS) is 12.2. The molecule has 3 rings (SSSR count). The number of rotatable bonds is 4. The molecule has 1 aliphatic heterocycles. The molecule has 0 fully saturated rings. The quantitative estimate of drug-likeness (QED) is 0.460. The van der Waals surface area contributed by atoms with Gasteiger partial charge in [0.2, 0.25) is 0 Å². The maximum absolute atomic E-state index is 2.35. The lowest BCUT2D eigenvalue weighted by atomic mass is 10.0. The van der Waals surface area contributed by atoms with E-state index in [1.807, 2.05) is 11.8 Å². The van der Waals surface area contributed by atoms with Crippen molar-refractivity contribution in [1.29, 1.82) is 0 Å². The molecule has 0 radical (unpaired) electrons. The molecule has 0 aliphatic carbocycles. The molecule has 4 N–H and O–H groups in total. The highest BCUT2D eigenvalue weighted by Gasteiger charge is 2.19. The molecular formula is C19H26Cl2N2S. The number of benzene rings is 2. The molecule has 0 aromatic heterocycles. The van der Waals surface area contributed by atoms with Gasteiger partial charge in [-0.1, -0.05) is 23.9 Å². The predicted molar refractivity (Wildman–Crippen MR) is 93.3 cm³/mol. The van der Waals surface area contributed by atoms with Crippen LogP contribution in [0.3, 0.4) is 0 Å². The molecule has 24 heavy (non-hydrogen) atoms. The van der Waals surface area contributed by atoms with E-state index < -0.39 is 0 Å². The van der Waals surface area contributed by atoms with Crippen LogP contribution in [0.5, 0.6) is 0 Å². The first kappa shape index (κ1) is 21.3. The third-order valence-corrected chi connectivity index (χ3v) is 5.03. The van der Waals surface area contributed by atoms with Gasteiger partial charge in [-0.15, -0.1) is 0 Å². The summed E-state index contributed by atoms with van der Waals surface area (Å²) in [4.78, 5) is 2.84. The minimum absolute atomic E-state index is 0. The van der Waals surface area contributed by atoms with Gasteiger partial charge in [-0.3, -0.25) is 0 Å². The van der Waals surface area contributed by atoms with Crippen molar-refractivity contribution in [2.24, 2.45) is 0 Å². The highest BCUT2D eigenvalue weighted by Crippen LogP contribution is 2.40. The van der Waals surface area contributed by atoms with Crippen LogP contribution in [0.25, 0.3) is 0 Å². The lowest BCUT2D eigenvalue weighted by Gasteiger charge is -2.20. The Labute approximate surface area is 162 Å². The van der Waals surface area contributed by atoms with E-state index in [0.717, 1.165) is 6.42 Å². The lowest BCUT2D eigenvalue weighted by Crippen LogP contribution is -3.00.